The Balaban J connectivity index is 2.05. The molecule has 0 atom stereocenters. The quantitative estimate of drug-likeness (QED) is 0.611. The minimum absolute atomic E-state index is 0.0603. The molecule has 4 heteroatoms. The number of fused-ring (bicyclic) bond motifs is 2. The molecule has 2 aromatic carbocycles. The van der Waals surface area contributed by atoms with Crippen LogP contribution in [0.4, 0.5) is 0 Å². The van der Waals surface area contributed by atoms with Gasteiger partial charge in [0.05, 0.1) is 25.8 Å². The van der Waals surface area contributed by atoms with Crippen LogP contribution >= 0.6 is 0 Å². The average Bonchev–Trinajstić information content (AvgIpc) is 2.97. The third kappa shape index (κ3) is 1.78. The van der Waals surface area contributed by atoms with E-state index in [1.165, 1.54) is 5.52 Å². The lowest BCUT2D eigenvalue weighted by Crippen LogP contribution is -2.09. The molecule has 0 radical (unpaired) electrons. The van der Waals surface area contributed by atoms with Crippen molar-refractivity contribution in [2.24, 2.45) is 0 Å². The van der Waals surface area contributed by atoms with Crippen LogP contribution in [0.1, 0.15) is 16.7 Å². The molecule has 0 saturated carbocycles. The first-order valence-electron chi connectivity index (χ1n) is 7.28. The lowest BCUT2D eigenvalue weighted by Gasteiger charge is -2.22. The zero-order valence-electron chi connectivity index (χ0n) is 12.3. The fourth-order valence-electron chi connectivity index (χ4n) is 3.38. The normalized spacial score (nSPS) is 12.5. The summed E-state index contributed by atoms with van der Waals surface area (Å²) < 4.78 is 7.63. The van der Waals surface area contributed by atoms with Crippen LogP contribution in [-0.4, -0.2) is 21.9 Å². The smallest absolute Gasteiger partial charge is 0.120 e. The summed E-state index contributed by atoms with van der Waals surface area (Å²) >= 11 is 0. The van der Waals surface area contributed by atoms with E-state index in [2.05, 4.69) is 16.8 Å². The molecule has 2 heterocycles. The number of aliphatic hydroxyl groups excluding tert-OH is 2. The first-order chi connectivity index (χ1) is 10.7. The average molecular weight is 295 g/mol. The van der Waals surface area contributed by atoms with Crippen LogP contribution in [0.3, 0.4) is 0 Å². The van der Waals surface area contributed by atoms with Gasteiger partial charge < -0.3 is 19.5 Å². The number of nitrogens with zero attached hydrogens (tertiary/aromatic N) is 1. The molecule has 0 unspecified atom stereocenters. The predicted octanol–water partition coefficient (Wildman–Crippen LogP) is 2.66. The van der Waals surface area contributed by atoms with Crippen LogP contribution < -0.4 is 4.74 Å². The number of methoxy groups -OCH3 is 1. The molecule has 0 aliphatic carbocycles. The van der Waals surface area contributed by atoms with Crippen LogP contribution in [0.2, 0.25) is 0 Å². The molecule has 4 rings (SSSR count). The first kappa shape index (κ1) is 13.4. The Labute approximate surface area is 128 Å². The second-order valence-corrected chi connectivity index (χ2v) is 5.65. The van der Waals surface area contributed by atoms with E-state index in [4.69, 9.17) is 4.74 Å². The van der Waals surface area contributed by atoms with Crippen LogP contribution in [0.15, 0.2) is 36.5 Å². The first-order valence-corrected chi connectivity index (χ1v) is 7.28. The zero-order valence-corrected chi connectivity index (χ0v) is 12.3. The van der Waals surface area contributed by atoms with Crippen molar-refractivity contribution in [3.05, 3.63) is 53.2 Å². The molecule has 1 aromatic heterocycles. The van der Waals surface area contributed by atoms with Crippen molar-refractivity contribution in [3.8, 4) is 16.9 Å². The van der Waals surface area contributed by atoms with Gasteiger partial charge in [-0.05, 0) is 46.5 Å². The van der Waals surface area contributed by atoms with E-state index >= 15 is 0 Å². The molecule has 112 valence electrons. The Morgan fingerprint density at radius 1 is 1.05 bits per heavy atom. The van der Waals surface area contributed by atoms with Gasteiger partial charge in [-0.2, -0.15) is 0 Å². The summed E-state index contributed by atoms with van der Waals surface area (Å²) in [5.74, 6) is 0.824. The second-order valence-electron chi connectivity index (χ2n) is 5.65. The third-order valence-corrected chi connectivity index (χ3v) is 4.47. The lowest BCUT2D eigenvalue weighted by atomic mass is 9.90. The maximum Gasteiger partial charge on any atom is 0.120 e. The summed E-state index contributed by atoms with van der Waals surface area (Å²) in [7, 11) is 1.67. The highest BCUT2D eigenvalue weighted by Gasteiger charge is 2.21. The Morgan fingerprint density at radius 2 is 1.82 bits per heavy atom. The lowest BCUT2D eigenvalue weighted by molar-refractivity contribution is 0.260. The molecule has 0 amide bonds. The molecule has 1 aliphatic heterocycles. The Kier molecular flexibility index (Phi) is 2.96. The predicted molar refractivity (Wildman–Crippen MR) is 84.9 cm³/mol. The van der Waals surface area contributed by atoms with Crippen molar-refractivity contribution in [3.63, 3.8) is 0 Å². The Hall–Kier alpha value is -2.30. The Morgan fingerprint density at radius 3 is 2.55 bits per heavy atom. The van der Waals surface area contributed by atoms with Crippen LogP contribution in [0.5, 0.6) is 5.75 Å². The summed E-state index contributed by atoms with van der Waals surface area (Å²) in [5, 5.41) is 20.2. The molecule has 0 spiro atoms. The van der Waals surface area contributed by atoms with E-state index in [-0.39, 0.29) is 13.2 Å². The van der Waals surface area contributed by atoms with Crippen molar-refractivity contribution in [1.29, 1.82) is 0 Å². The molecular formula is C18H17NO3. The number of hydrogen-bond donors (Lipinski definition) is 2. The zero-order chi connectivity index (χ0) is 15.3. The maximum atomic E-state index is 9.56. The number of ether oxygens (including phenoxy) is 1. The number of hydrogen-bond acceptors (Lipinski definition) is 3. The SMILES string of the molecule is COc1cc2c3c(ccn3Cc3cc(CO)c(CO)cc3-2)c1. The minimum atomic E-state index is -0.0721. The van der Waals surface area contributed by atoms with Gasteiger partial charge in [-0.3, -0.25) is 0 Å². The summed E-state index contributed by atoms with van der Waals surface area (Å²) in [6.07, 6.45) is 2.08. The fraction of sp³-hybridized carbons (Fsp3) is 0.222. The van der Waals surface area contributed by atoms with E-state index in [1.54, 1.807) is 7.11 Å². The van der Waals surface area contributed by atoms with E-state index < -0.39 is 0 Å². The number of aromatic nitrogens is 1. The number of benzene rings is 2. The molecule has 0 saturated heterocycles. The summed E-state index contributed by atoms with van der Waals surface area (Å²) in [6.45, 7) is 0.642. The van der Waals surface area contributed by atoms with E-state index in [9.17, 15) is 10.2 Å². The highest BCUT2D eigenvalue weighted by atomic mass is 16.5. The third-order valence-electron chi connectivity index (χ3n) is 4.47. The molecule has 0 bridgehead atoms. The minimum Gasteiger partial charge on any atom is -0.497 e. The van der Waals surface area contributed by atoms with Gasteiger partial charge in [0.1, 0.15) is 5.75 Å². The van der Waals surface area contributed by atoms with Crippen molar-refractivity contribution in [2.45, 2.75) is 19.8 Å². The van der Waals surface area contributed by atoms with Crippen LogP contribution in [0, 0.1) is 0 Å². The van der Waals surface area contributed by atoms with Crippen LogP contribution in [-0.2, 0) is 19.8 Å². The van der Waals surface area contributed by atoms with Crippen molar-refractivity contribution in [2.75, 3.05) is 7.11 Å². The summed E-state index contributed by atoms with van der Waals surface area (Å²) in [6, 6.07) is 10.2. The largest absolute Gasteiger partial charge is 0.497 e. The number of aliphatic hydroxyl groups is 2. The van der Waals surface area contributed by atoms with Gasteiger partial charge in [-0.1, -0.05) is 6.07 Å². The monoisotopic (exact) mass is 295 g/mol. The molecule has 2 N–H and O–H groups in total. The van der Waals surface area contributed by atoms with Gasteiger partial charge in [0.25, 0.3) is 0 Å². The standard InChI is InChI=1S/C18H17NO3/c1-22-15-5-11-2-3-19-8-12-4-13(9-20)14(10-21)6-16(12)17(7-15)18(11)19/h2-7,20-21H,8-10H2,1H3. The van der Waals surface area contributed by atoms with Crippen LogP contribution in [0.25, 0.3) is 22.0 Å². The molecule has 3 aromatic rings. The van der Waals surface area contributed by atoms with E-state index in [0.29, 0.717) is 0 Å². The highest BCUT2D eigenvalue weighted by Crippen LogP contribution is 2.40. The molecule has 4 nitrogen and oxygen atoms in total. The van der Waals surface area contributed by atoms with E-state index in [0.717, 1.165) is 45.5 Å². The Bertz CT molecular complexity index is 880. The van der Waals surface area contributed by atoms with Crippen molar-refractivity contribution >= 4 is 10.9 Å². The topological polar surface area (TPSA) is 54.6 Å². The fourth-order valence-corrected chi connectivity index (χ4v) is 3.38. The summed E-state index contributed by atoms with van der Waals surface area (Å²) in [4.78, 5) is 0. The molecule has 22 heavy (non-hydrogen) atoms. The van der Waals surface area contributed by atoms with Gasteiger partial charge in [0.2, 0.25) is 0 Å². The molecule has 1 aliphatic rings. The molecule has 0 fully saturated rings. The molecular weight excluding hydrogens is 278 g/mol. The van der Waals surface area contributed by atoms with Gasteiger partial charge in [0, 0.05) is 23.7 Å². The van der Waals surface area contributed by atoms with Crippen molar-refractivity contribution < 1.29 is 14.9 Å². The number of rotatable bonds is 3. The summed E-state index contributed by atoms with van der Waals surface area (Å²) in [5.41, 5.74) is 6.12. The van der Waals surface area contributed by atoms with E-state index in [1.807, 2.05) is 24.3 Å². The van der Waals surface area contributed by atoms with Gasteiger partial charge >= 0.3 is 0 Å². The van der Waals surface area contributed by atoms with Gasteiger partial charge in [-0.25, -0.2) is 0 Å². The van der Waals surface area contributed by atoms with Gasteiger partial charge in [0.15, 0.2) is 0 Å². The van der Waals surface area contributed by atoms with Gasteiger partial charge in [-0.15, -0.1) is 0 Å². The second kappa shape index (κ2) is 4.87. The highest BCUT2D eigenvalue weighted by molar-refractivity contribution is 5.98. The maximum absolute atomic E-state index is 9.56. The van der Waals surface area contributed by atoms with Crippen molar-refractivity contribution in [1.82, 2.24) is 4.57 Å².